The molecule has 0 atom stereocenters. The zero-order chi connectivity index (χ0) is 14.1. The lowest BCUT2D eigenvalue weighted by Gasteiger charge is -2.11. The van der Waals surface area contributed by atoms with Crippen LogP contribution in [-0.4, -0.2) is 38.2 Å². The number of guanidine groups is 1. The van der Waals surface area contributed by atoms with Crippen LogP contribution in [0.15, 0.2) is 29.3 Å². The molecule has 0 fully saturated rings. The molecule has 1 aromatic carbocycles. The van der Waals surface area contributed by atoms with Crippen molar-refractivity contribution >= 4 is 35.6 Å². The number of benzene rings is 1. The zero-order valence-electron chi connectivity index (χ0n) is 11.5. The predicted molar refractivity (Wildman–Crippen MR) is 88.6 cm³/mol. The quantitative estimate of drug-likeness (QED) is 0.191. The smallest absolute Gasteiger partial charge is 0.274 e. The summed E-state index contributed by atoms with van der Waals surface area (Å²) >= 11 is 0. The van der Waals surface area contributed by atoms with Gasteiger partial charge in [-0.15, -0.1) is 24.0 Å². The van der Waals surface area contributed by atoms with E-state index in [2.05, 4.69) is 15.6 Å². The summed E-state index contributed by atoms with van der Waals surface area (Å²) in [6, 6.07) is 6.62. The molecule has 7 nitrogen and oxygen atoms in total. The van der Waals surface area contributed by atoms with E-state index in [0.29, 0.717) is 31.2 Å². The van der Waals surface area contributed by atoms with E-state index < -0.39 is 4.92 Å². The summed E-state index contributed by atoms with van der Waals surface area (Å²) < 4.78 is 4.92. The number of nitro benzene ring substituents is 1. The molecule has 1 rings (SSSR count). The molecular weight excluding hydrogens is 375 g/mol. The van der Waals surface area contributed by atoms with E-state index in [1.54, 1.807) is 32.4 Å². The molecule has 0 heterocycles. The van der Waals surface area contributed by atoms with Crippen LogP contribution >= 0.6 is 24.0 Å². The van der Waals surface area contributed by atoms with Gasteiger partial charge < -0.3 is 15.4 Å². The third-order valence-corrected chi connectivity index (χ3v) is 2.46. The van der Waals surface area contributed by atoms with Crippen LogP contribution in [-0.2, 0) is 11.3 Å². The van der Waals surface area contributed by atoms with E-state index in [1.165, 1.54) is 6.07 Å². The van der Waals surface area contributed by atoms with Crippen molar-refractivity contribution in [2.75, 3.05) is 27.3 Å². The van der Waals surface area contributed by atoms with Gasteiger partial charge in [0.25, 0.3) is 5.69 Å². The number of halogens is 1. The van der Waals surface area contributed by atoms with E-state index in [-0.39, 0.29) is 29.7 Å². The maximum absolute atomic E-state index is 10.9. The third-order valence-electron chi connectivity index (χ3n) is 2.46. The molecule has 0 saturated heterocycles. The number of methoxy groups -OCH3 is 1. The van der Waals surface area contributed by atoms with E-state index in [0.717, 1.165) is 0 Å². The molecule has 0 unspecified atom stereocenters. The van der Waals surface area contributed by atoms with Gasteiger partial charge in [0.05, 0.1) is 11.5 Å². The topological polar surface area (TPSA) is 88.8 Å². The fourth-order valence-corrected chi connectivity index (χ4v) is 1.51. The number of rotatable bonds is 6. The highest BCUT2D eigenvalue weighted by Gasteiger charge is 2.12. The van der Waals surface area contributed by atoms with Gasteiger partial charge in [0, 0.05) is 38.9 Å². The predicted octanol–water partition coefficient (Wildman–Crippen LogP) is 1.52. The molecule has 0 aliphatic heterocycles. The fraction of sp³-hybridized carbons (Fsp3) is 0.417. The van der Waals surface area contributed by atoms with Crippen molar-refractivity contribution < 1.29 is 9.66 Å². The Labute approximate surface area is 135 Å². The Balaban J connectivity index is 0.00000361. The molecule has 2 N–H and O–H groups in total. The molecule has 0 saturated carbocycles. The molecule has 0 radical (unpaired) electrons. The molecule has 20 heavy (non-hydrogen) atoms. The van der Waals surface area contributed by atoms with Gasteiger partial charge in [-0.3, -0.25) is 15.1 Å². The molecule has 8 heteroatoms. The van der Waals surface area contributed by atoms with E-state index in [1.807, 2.05) is 0 Å². The van der Waals surface area contributed by atoms with E-state index in [4.69, 9.17) is 4.74 Å². The Kier molecular flexibility index (Phi) is 9.64. The van der Waals surface area contributed by atoms with Crippen LogP contribution in [0.3, 0.4) is 0 Å². The van der Waals surface area contributed by atoms with Crippen LogP contribution < -0.4 is 10.6 Å². The number of hydrogen-bond acceptors (Lipinski definition) is 4. The van der Waals surface area contributed by atoms with Crippen molar-refractivity contribution in [2.24, 2.45) is 4.99 Å². The van der Waals surface area contributed by atoms with Gasteiger partial charge in [0.15, 0.2) is 5.96 Å². The minimum atomic E-state index is -0.391. The number of para-hydroxylation sites is 1. The van der Waals surface area contributed by atoms with Gasteiger partial charge in [0.2, 0.25) is 0 Å². The molecule has 0 aromatic heterocycles. The molecule has 0 aliphatic carbocycles. The lowest BCUT2D eigenvalue weighted by atomic mass is 10.2. The monoisotopic (exact) mass is 394 g/mol. The van der Waals surface area contributed by atoms with E-state index in [9.17, 15) is 10.1 Å². The Morgan fingerprint density at radius 3 is 2.70 bits per heavy atom. The standard InChI is InChI=1S/C12H18N4O3.HI/c1-13-12(14-7-8-19-2)15-9-10-5-3-4-6-11(10)16(17)18;/h3-6H,7-9H2,1-2H3,(H2,13,14,15);1H. The highest BCUT2D eigenvalue weighted by atomic mass is 127. The third kappa shape index (κ3) is 6.15. The van der Waals surface area contributed by atoms with Gasteiger partial charge in [-0.1, -0.05) is 18.2 Å². The Morgan fingerprint density at radius 1 is 1.40 bits per heavy atom. The second-order valence-corrected chi connectivity index (χ2v) is 3.73. The Hall–Kier alpha value is -1.42. The van der Waals surface area contributed by atoms with Crippen molar-refractivity contribution in [1.29, 1.82) is 0 Å². The summed E-state index contributed by atoms with van der Waals surface area (Å²) in [6.07, 6.45) is 0. The summed E-state index contributed by atoms with van der Waals surface area (Å²) in [5.41, 5.74) is 0.713. The van der Waals surface area contributed by atoms with Crippen LogP contribution in [0.4, 0.5) is 5.69 Å². The number of hydrogen-bond donors (Lipinski definition) is 2. The number of nitro groups is 1. The summed E-state index contributed by atoms with van der Waals surface area (Å²) in [4.78, 5) is 14.5. The van der Waals surface area contributed by atoms with E-state index >= 15 is 0 Å². The summed E-state index contributed by atoms with van der Waals surface area (Å²) in [6.45, 7) is 1.52. The summed E-state index contributed by atoms with van der Waals surface area (Å²) in [5, 5.41) is 16.9. The molecule has 0 aliphatic rings. The first-order valence-corrected chi connectivity index (χ1v) is 5.84. The van der Waals surface area contributed by atoms with Gasteiger partial charge in [0.1, 0.15) is 0 Å². The average molecular weight is 394 g/mol. The first kappa shape index (κ1) is 18.6. The lowest BCUT2D eigenvalue weighted by molar-refractivity contribution is -0.385. The summed E-state index contributed by atoms with van der Waals surface area (Å²) in [5.74, 6) is 0.579. The van der Waals surface area contributed by atoms with Crippen molar-refractivity contribution in [3.63, 3.8) is 0 Å². The maximum atomic E-state index is 10.9. The van der Waals surface area contributed by atoms with Gasteiger partial charge in [-0.05, 0) is 0 Å². The van der Waals surface area contributed by atoms with Crippen molar-refractivity contribution in [3.05, 3.63) is 39.9 Å². The first-order valence-electron chi connectivity index (χ1n) is 5.84. The highest BCUT2D eigenvalue weighted by molar-refractivity contribution is 14.0. The minimum absolute atomic E-state index is 0. The SMILES string of the molecule is CN=C(NCCOC)NCc1ccccc1[N+](=O)[O-].I. The van der Waals surface area contributed by atoms with Crippen LogP contribution in [0.1, 0.15) is 5.56 Å². The van der Waals surface area contributed by atoms with Gasteiger partial charge in [-0.25, -0.2) is 0 Å². The molecule has 0 spiro atoms. The number of ether oxygens (including phenoxy) is 1. The van der Waals surface area contributed by atoms with Crippen LogP contribution in [0.25, 0.3) is 0 Å². The lowest BCUT2D eigenvalue weighted by Crippen LogP contribution is -2.38. The van der Waals surface area contributed by atoms with Crippen LogP contribution in [0.5, 0.6) is 0 Å². The Morgan fingerprint density at radius 2 is 2.10 bits per heavy atom. The van der Waals surface area contributed by atoms with Crippen molar-refractivity contribution in [1.82, 2.24) is 10.6 Å². The minimum Gasteiger partial charge on any atom is -0.383 e. The highest BCUT2D eigenvalue weighted by Crippen LogP contribution is 2.16. The number of aliphatic imine (C=N–C) groups is 1. The van der Waals surface area contributed by atoms with Crippen LogP contribution in [0.2, 0.25) is 0 Å². The molecule has 1 aromatic rings. The zero-order valence-corrected chi connectivity index (χ0v) is 13.8. The normalized spacial score (nSPS) is 10.6. The van der Waals surface area contributed by atoms with Crippen molar-refractivity contribution in [3.8, 4) is 0 Å². The average Bonchev–Trinajstić information content (AvgIpc) is 2.43. The maximum Gasteiger partial charge on any atom is 0.274 e. The molecular formula is C12H19IN4O3. The summed E-state index contributed by atoms with van der Waals surface area (Å²) in [7, 11) is 3.26. The molecule has 0 bridgehead atoms. The second-order valence-electron chi connectivity index (χ2n) is 3.73. The molecule has 0 amide bonds. The number of nitrogens with zero attached hydrogens (tertiary/aromatic N) is 2. The largest absolute Gasteiger partial charge is 0.383 e. The van der Waals surface area contributed by atoms with Gasteiger partial charge >= 0.3 is 0 Å². The first-order chi connectivity index (χ1) is 9.19. The van der Waals surface area contributed by atoms with Crippen LogP contribution in [0, 0.1) is 10.1 Å². The Bertz CT molecular complexity index is 454. The fourth-order valence-electron chi connectivity index (χ4n) is 1.51. The van der Waals surface area contributed by atoms with Gasteiger partial charge in [-0.2, -0.15) is 0 Å². The second kappa shape index (κ2) is 10.4. The van der Waals surface area contributed by atoms with Crippen molar-refractivity contribution in [2.45, 2.75) is 6.54 Å². The molecule has 112 valence electrons. The number of nitrogens with one attached hydrogen (secondary N) is 2.